The highest BCUT2D eigenvalue weighted by atomic mass is 16.2. The molecule has 0 saturated carbocycles. The molecule has 2 aliphatic heterocycles. The van der Waals surface area contributed by atoms with Crippen LogP contribution in [0.3, 0.4) is 0 Å². The molecular weight excluding hydrogens is 352 g/mol. The molecule has 2 aliphatic rings. The van der Waals surface area contributed by atoms with E-state index in [1.807, 2.05) is 48.5 Å². The van der Waals surface area contributed by atoms with Crippen molar-refractivity contribution >= 4 is 28.4 Å². The van der Waals surface area contributed by atoms with Gasteiger partial charge in [0.15, 0.2) is 5.54 Å². The number of fused-ring (bicyclic) bond motifs is 6. The van der Waals surface area contributed by atoms with Crippen LogP contribution in [0.5, 0.6) is 0 Å². The molecule has 3 heterocycles. The highest BCUT2D eigenvalue weighted by Gasteiger charge is 2.60. The minimum Gasteiger partial charge on any atom is -0.355 e. The number of rotatable bonds is 1. The number of aromatic amines is 1. The number of benzene rings is 2. The van der Waals surface area contributed by atoms with Gasteiger partial charge in [0.05, 0.1) is 17.5 Å². The average Bonchev–Trinajstić information content (AvgIpc) is 3.19. The number of nitrogens with one attached hydrogen (secondary N) is 1. The Bertz CT molecular complexity index is 1190. The van der Waals surface area contributed by atoms with Gasteiger partial charge in [0.2, 0.25) is 5.91 Å². The Morgan fingerprint density at radius 3 is 2.75 bits per heavy atom. The third-order valence-electron chi connectivity index (χ3n) is 5.91. The monoisotopic (exact) mass is 370 g/mol. The predicted molar refractivity (Wildman–Crippen MR) is 105 cm³/mol. The molecule has 3 aromatic rings. The molecule has 0 aliphatic carbocycles. The third-order valence-corrected chi connectivity index (χ3v) is 5.91. The Hall–Kier alpha value is -3.59. The fourth-order valence-electron chi connectivity index (χ4n) is 4.85. The first kappa shape index (κ1) is 16.6. The Labute approximate surface area is 162 Å². The maximum atomic E-state index is 13.8. The molecule has 0 bridgehead atoms. The van der Waals surface area contributed by atoms with E-state index < -0.39 is 5.54 Å². The van der Waals surface area contributed by atoms with Gasteiger partial charge in [0, 0.05) is 29.9 Å². The van der Waals surface area contributed by atoms with E-state index >= 15 is 0 Å². The van der Waals surface area contributed by atoms with E-state index in [1.54, 1.807) is 4.90 Å². The van der Waals surface area contributed by atoms with Crippen LogP contribution in [0.2, 0.25) is 0 Å². The summed E-state index contributed by atoms with van der Waals surface area (Å²) in [6.45, 7) is 1.89. The zero-order chi connectivity index (χ0) is 19.5. The number of carbonyl (C=O) groups is 2. The molecule has 1 spiro atoms. The molecule has 1 atom stereocenters. The molecule has 5 rings (SSSR count). The minimum absolute atomic E-state index is 0.0566. The average molecular weight is 370 g/mol. The summed E-state index contributed by atoms with van der Waals surface area (Å²) < 4.78 is 0. The highest BCUT2D eigenvalue weighted by molar-refractivity contribution is 6.12. The second kappa shape index (κ2) is 5.70. The van der Waals surface area contributed by atoms with Gasteiger partial charge in [0.25, 0.3) is 5.91 Å². The highest BCUT2D eigenvalue weighted by Crippen LogP contribution is 2.51. The van der Waals surface area contributed by atoms with Gasteiger partial charge < -0.3 is 9.88 Å². The molecule has 2 aromatic carbocycles. The molecule has 138 valence electrons. The number of anilines is 1. The van der Waals surface area contributed by atoms with E-state index in [-0.39, 0.29) is 18.4 Å². The number of H-pyrrole nitrogens is 1. The first-order chi connectivity index (χ1) is 13.6. The van der Waals surface area contributed by atoms with Gasteiger partial charge in [-0.2, -0.15) is 5.26 Å². The normalized spacial score (nSPS) is 20.4. The van der Waals surface area contributed by atoms with E-state index in [0.717, 1.165) is 27.7 Å². The Morgan fingerprint density at radius 2 is 1.96 bits per heavy atom. The van der Waals surface area contributed by atoms with Crippen molar-refractivity contribution < 1.29 is 9.59 Å². The van der Waals surface area contributed by atoms with Crippen LogP contribution < -0.4 is 4.90 Å². The van der Waals surface area contributed by atoms with Gasteiger partial charge in [0.1, 0.15) is 6.54 Å². The lowest BCUT2D eigenvalue weighted by atomic mass is 9.80. The van der Waals surface area contributed by atoms with Crippen molar-refractivity contribution in [3.63, 3.8) is 0 Å². The summed E-state index contributed by atoms with van der Waals surface area (Å²) >= 11 is 0. The Balaban J connectivity index is 1.90. The molecule has 6 nitrogen and oxygen atoms in total. The van der Waals surface area contributed by atoms with E-state index in [0.29, 0.717) is 18.7 Å². The summed E-state index contributed by atoms with van der Waals surface area (Å²) in [5.74, 6) is -0.413. The number of nitrogens with zero attached hydrogens (tertiary/aromatic N) is 3. The van der Waals surface area contributed by atoms with Crippen LogP contribution in [0, 0.1) is 11.3 Å². The van der Waals surface area contributed by atoms with Crippen molar-refractivity contribution in [3.05, 3.63) is 65.4 Å². The smallest absolute Gasteiger partial charge is 0.264 e. The number of aromatic nitrogens is 1. The number of amides is 2. The topological polar surface area (TPSA) is 80.2 Å². The van der Waals surface area contributed by atoms with Crippen molar-refractivity contribution in [2.24, 2.45) is 0 Å². The number of carbonyl (C=O) groups excluding carboxylic acids is 2. The maximum Gasteiger partial charge on any atom is 0.264 e. The zero-order valence-corrected chi connectivity index (χ0v) is 15.4. The second-order valence-electron chi connectivity index (χ2n) is 7.22. The first-order valence-corrected chi connectivity index (χ1v) is 9.27. The minimum atomic E-state index is -1.26. The van der Waals surface area contributed by atoms with Crippen molar-refractivity contribution in [1.82, 2.24) is 9.88 Å². The van der Waals surface area contributed by atoms with Gasteiger partial charge >= 0.3 is 0 Å². The fourth-order valence-corrected chi connectivity index (χ4v) is 4.85. The molecule has 0 saturated heterocycles. The lowest BCUT2D eigenvalue weighted by Crippen LogP contribution is -2.58. The summed E-state index contributed by atoms with van der Waals surface area (Å²) in [5, 5.41) is 10.4. The van der Waals surface area contributed by atoms with Crippen LogP contribution >= 0.6 is 0 Å². The van der Waals surface area contributed by atoms with E-state index in [9.17, 15) is 14.9 Å². The van der Waals surface area contributed by atoms with Gasteiger partial charge in [-0.3, -0.25) is 14.5 Å². The summed E-state index contributed by atoms with van der Waals surface area (Å²) in [4.78, 5) is 33.1. The molecule has 28 heavy (non-hydrogen) atoms. The van der Waals surface area contributed by atoms with Crippen LogP contribution in [0.1, 0.15) is 23.7 Å². The SMILES string of the molecule is CC(=O)N1CCc2c([nH]c3ccccc23)[C@]12C(=O)N(CC#N)c1ccccc12. The van der Waals surface area contributed by atoms with Gasteiger partial charge in [-0.25, -0.2) is 0 Å². The molecule has 6 heteroatoms. The Kier molecular flexibility index (Phi) is 3.37. The molecule has 2 amide bonds. The lowest BCUT2D eigenvalue weighted by Gasteiger charge is -2.43. The summed E-state index contributed by atoms with van der Waals surface area (Å²) in [5.41, 5.74) is 2.93. The van der Waals surface area contributed by atoms with Crippen LogP contribution in [0.15, 0.2) is 48.5 Å². The second-order valence-corrected chi connectivity index (χ2v) is 7.22. The van der Waals surface area contributed by atoms with E-state index in [2.05, 4.69) is 11.1 Å². The van der Waals surface area contributed by atoms with Crippen molar-refractivity contribution in [2.75, 3.05) is 18.0 Å². The quantitative estimate of drug-likeness (QED) is 0.669. The molecular formula is C22H18N4O2. The fraction of sp³-hybridized carbons (Fsp3) is 0.227. The molecule has 0 unspecified atom stereocenters. The third kappa shape index (κ3) is 1.86. The van der Waals surface area contributed by atoms with Crippen LogP contribution in [0.4, 0.5) is 5.69 Å². The number of para-hydroxylation sites is 2. The van der Waals surface area contributed by atoms with Crippen LogP contribution in [0.25, 0.3) is 10.9 Å². The summed E-state index contributed by atoms with van der Waals surface area (Å²) in [7, 11) is 0. The van der Waals surface area contributed by atoms with Gasteiger partial charge in [-0.1, -0.05) is 36.4 Å². The summed E-state index contributed by atoms with van der Waals surface area (Å²) in [6, 6.07) is 17.5. The summed E-state index contributed by atoms with van der Waals surface area (Å²) in [6.07, 6.45) is 0.675. The van der Waals surface area contributed by atoms with Crippen LogP contribution in [-0.2, 0) is 21.5 Å². The van der Waals surface area contributed by atoms with E-state index in [4.69, 9.17) is 0 Å². The molecule has 1 aromatic heterocycles. The van der Waals surface area contributed by atoms with Gasteiger partial charge in [-0.15, -0.1) is 0 Å². The largest absolute Gasteiger partial charge is 0.355 e. The number of hydrogen-bond donors (Lipinski definition) is 1. The number of nitriles is 1. The number of hydrogen-bond acceptors (Lipinski definition) is 3. The van der Waals surface area contributed by atoms with E-state index in [1.165, 1.54) is 11.8 Å². The maximum absolute atomic E-state index is 13.8. The molecule has 0 fully saturated rings. The first-order valence-electron chi connectivity index (χ1n) is 9.27. The van der Waals surface area contributed by atoms with Crippen molar-refractivity contribution in [2.45, 2.75) is 18.9 Å². The molecule has 1 N–H and O–H groups in total. The predicted octanol–water partition coefficient (Wildman–Crippen LogP) is 2.69. The van der Waals surface area contributed by atoms with Crippen molar-refractivity contribution in [3.8, 4) is 6.07 Å². The van der Waals surface area contributed by atoms with Crippen molar-refractivity contribution in [1.29, 1.82) is 5.26 Å². The standard InChI is InChI=1S/C22H18N4O2/c1-14(27)26-12-10-16-15-6-2-4-8-18(15)24-20(16)22(26)17-7-3-5-9-19(17)25(13-11-23)21(22)28/h2-9,24H,10,12-13H2,1H3/t22-/m1/s1. The zero-order valence-electron chi connectivity index (χ0n) is 15.4. The van der Waals surface area contributed by atoms with Gasteiger partial charge in [-0.05, 0) is 24.1 Å². The lowest BCUT2D eigenvalue weighted by molar-refractivity contribution is -0.143. The van der Waals surface area contributed by atoms with Crippen LogP contribution in [-0.4, -0.2) is 34.8 Å². The molecule has 0 radical (unpaired) electrons. The Morgan fingerprint density at radius 1 is 1.21 bits per heavy atom.